The Labute approximate surface area is 170 Å². The van der Waals surface area contributed by atoms with Gasteiger partial charge >= 0.3 is 0 Å². The molecule has 0 bridgehead atoms. The quantitative estimate of drug-likeness (QED) is 0.594. The minimum Gasteiger partial charge on any atom is -0.492 e. The third-order valence-electron chi connectivity index (χ3n) is 4.52. The van der Waals surface area contributed by atoms with Crippen molar-refractivity contribution >= 4 is 28.5 Å². The highest BCUT2D eigenvalue weighted by Crippen LogP contribution is 2.26. The Hall–Kier alpha value is -2.79. The van der Waals surface area contributed by atoms with Gasteiger partial charge in [0, 0.05) is 10.6 Å². The summed E-state index contributed by atoms with van der Waals surface area (Å²) in [6.07, 6.45) is 0. The summed E-state index contributed by atoms with van der Waals surface area (Å²) in [4.78, 5) is 16.5. The van der Waals surface area contributed by atoms with Gasteiger partial charge in [-0.05, 0) is 56.2 Å². The molecule has 6 heteroatoms. The molecule has 1 amide bonds. The molecule has 0 unspecified atom stereocenters. The number of ether oxygens (including phenoxy) is 1. The highest BCUT2D eigenvalue weighted by atomic mass is 35.5. The van der Waals surface area contributed by atoms with Crippen LogP contribution in [0.2, 0.25) is 5.02 Å². The molecular weight excluding hydrogens is 374 g/mol. The third kappa shape index (κ3) is 4.37. The van der Waals surface area contributed by atoms with Gasteiger partial charge in [0.05, 0.1) is 24.1 Å². The first-order chi connectivity index (χ1) is 13.4. The zero-order valence-electron chi connectivity index (χ0n) is 16.4. The second-order valence-corrected chi connectivity index (χ2v) is 7.23. The Morgan fingerprint density at radius 1 is 1.25 bits per heavy atom. The van der Waals surface area contributed by atoms with E-state index in [1.165, 1.54) is 0 Å². The number of imidazole rings is 1. The van der Waals surface area contributed by atoms with Crippen LogP contribution < -0.4 is 10.1 Å². The molecule has 3 rings (SSSR count). The molecule has 0 fully saturated rings. The van der Waals surface area contributed by atoms with E-state index in [0.29, 0.717) is 25.3 Å². The van der Waals surface area contributed by atoms with Gasteiger partial charge < -0.3 is 14.6 Å². The number of hydrogen-bond donors (Lipinski definition) is 1. The summed E-state index contributed by atoms with van der Waals surface area (Å²) in [6.45, 7) is 10.7. The van der Waals surface area contributed by atoms with Crippen molar-refractivity contribution in [3.63, 3.8) is 0 Å². The third-order valence-corrected chi connectivity index (χ3v) is 5.12. The van der Waals surface area contributed by atoms with Crippen LogP contribution >= 0.6 is 11.6 Å². The zero-order valence-corrected chi connectivity index (χ0v) is 17.1. The molecule has 0 aliphatic carbocycles. The van der Waals surface area contributed by atoms with E-state index in [9.17, 15) is 4.79 Å². The lowest BCUT2D eigenvalue weighted by Gasteiger charge is -2.13. The van der Waals surface area contributed by atoms with Crippen molar-refractivity contribution in [1.82, 2.24) is 14.9 Å². The lowest BCUT2D eigenvalue weighted by molar-refractivity contribution is -0.117. The first kappa shape index (κ1) is 20.0. The van der Waals surface area contributed by atoms with Gasteiger partial charge in [0.25, 0.3) is 0 Å². The molecule has 0 saturated heterocycles. The second kappa shape index (κ2) is 8.48. The Balaban J connectivity index is 1.76. The predicted molar refractivity (Wildman–Crippen MR) is 113 cm³/mol. The zero-order chi connectivity index (χ0) is 20.3. The number of hydrogen-bond acceptors (Lipinski definition) is 3. The van der Waals surface area contributed by atoms with Gasteiger partial charge in [-0.2, -0.15) is 0 Å². The summed E-state index contributed by atoms with van der Waals surface area (Å²) in [5.74, 6) is 1.39. The number of aromatic nitrogens is 2. The van der Waals surface area contributed by atoms with Crippen molar-refractivity contribution in [2.75, 3.05) is 6.61 Å². The fraction of sp³-hybridized carbons (Fsp3) is 0.273. The number of aryl methyl sites for hydroxylation is 2. The number of carbonyl (C=O) groups is 1. The van der Waals surface area contributed by atoms with Crippen LogP contribution in [-0.2, 0) is 17.9 Å². The Morgan fingerprint density at radius 3 is 2.61 bits per heavy atom. The van der Waals surface area contributed by atoms with Crippen LogP contribution in [0.15, 0.2) is 48.6 Å². The fourth-order valence-electron chi connectivity index (χ4n) is 3.06. The van der Waals surface area contributed by atoms with Crippen LogP contribution in [0.5, 0.6) is 5.75 Å². The van der Waals surface area contributed by atoms with E-state index in [0.717, 1.165) is 38.8 Å². The van der Waals surface area contributed by atoms with E-state index < -0.39 is 0 Å². The molecule has 2 aromatic carbocycles. The van der Waals surface area contributed by atoms with E-state index in [1.54, 1.807) is 6.92 Å². The first-order valence-electron chi connectivity index (χ1n) is 9.14. The maximum atomic E-state index is 11.8. The summed E-state index contributed by atoms with van der Waals surface area (Å²) >= 11 is 6.22. The summed E-state index contributed by atoms with van der Waals surface area (Å²) in [7, 11) is 0. The minimum atomic E-state index is -0.179. The predicted octanol–water partition coefficient (Wildman–Crippen LogP) is 4.58. The molecule has 1 aromatic heterocycles. The van der Waals surface area contributed by atoms with E-state index in [4.69, 9.17) is 16.3 Å². The average Bonchev–Trinajstić information content (AvgIpc) is 3.01. The molecule has 5 nitrogen and oxygen atoms in total. The minimum absolute atomic E-state index is 0.179. The van der Waals surface area contributed by atoms with Crippen LogP contribution in [0.25, 0.3) is 11.0 Å². The van der Waals surface area contributed by atoms with E-state index >= 15 is 0 Å². The molecule has 28 heavy (non-hydrogen) atoms. The number of halogens is 1. The molecule has 0 saturated carbocycles. The van der Waals surface area contributed by atoms with Crippen molar-refractivity contribution in [1.29, 1.82) is 0 Å². The highest BCUT2D eigenvalue weighted by Gasteiger charge is 2.12. The molecule has 0 aliphatic rings. The van der Waals surface area contributed by atoms with Crippen molar-refractivity contribution < 1.29 is 9.53 Å². The van der Waals surface area contributed by atoms with Crippen LogP contribution in [0, 0.1) is 13.8 Å². The molecule has 3 aromatic rings. The highest BCUT2D eigenvalue weighted by molar-refractivity contribution is 6.32. The smallest absolute Gasteiger partial charge is 0.246 e. The number of para-hydroxylation sites is 2. The Kier molecular flexibility index (Phi) is 6.05. The second-order valence-electron chi connectivity index (χ2n) is 6.85. The number of nitrogens with one attached hydrogen (secondary N) is 1. The molecular formula is C22H24ClN3O2. The number of benzene rings is 2. The van der Waals surface area contributed by atoms with Crippen LogP contribution in [-0.4, -0.2) is 22.1 Å². The van der Waals surface area contributed by atoms with Gasteiger partial charge in [0.15, 0.2) is 0 Å². The van der Waals surface area contributed by atoms with Gasteiger partial charge in [0.1, 0.15) is 18.2 Å². The molecule has 1 N–H and O–H groups in total. The molecule has 0 aliphatic heterocycles. The first-order valence-corrected chi connectivity index (χ1v) is 9.52. The Bertz CT molecular complexity index is 1020. The summed E-state index contributed by atoms with van der Waals surface area (Å²) < 4.78 is 8.03. The van der Waals surface area contributed by atoms with Gasteiger partial charge in [0.2, 0.25) is 5.91 Å². The number of fused-ring (bicyclic) bond motifs is 1. The van der Waals surface area contributed by atoms with Gasteiger partial charge in [-0.3, -0.25) is 4.79 Å². The number of nitrogens with zero attached hydrogens (tertiary/aromatic N) is 2. The topological polar surface area (TPSA) is 56.2 Å². The van der Waals surface area contributed by atoms with E-state index in [-0.39, 0.29) is 5.91 Å². The number of carbonyl (C=O) groups excluding carboxylic acids is 1. The average molecular weight is 398 g/mol. The van der Waals surface area contributed by atoms with Crippen molar-refractivity contribution in [2.45, 2.75) is 33.9 Å². The standard InChI is InChI=1S/C22H24ClN3O2/c1-14(2)22(27)24-13-20-25-18-7-5-6-8-19(18)26(20)9-10-28-17-11-15(3)21(23)16(4)12-17/h5-8,11-12H,1,9-10,13H2,2-4H3,(H,24,27). The monoisotopic (exact) mass is 397 g/mol. The molecule has 0 atom stereocenters. The van der Waals surface area contributed by atoms with Crippen molar-refractivity contribution in [2.24, 2.45) is 0 Å². The van der Waals surface area contributed by atoms with Crippen LogP contribution in [0.1, 0.15) is 23.9 Å². The molecule has 146 valence electrons. The van der Waals surface area contributed by atoms with Crippen molar-refractivity contribution in [3.8, 4) is 5.75 Å². The van der Waals surface area contributed by atoms with E-state index in [1.807, 2.05) is 50.2 Å². The lowest BCUT2D eigenvalue weighted by atomic mass is 10.1. The molecule has 0 spiro atoms. The normalized spacial score (nSPS) is 10.9. The number of amides is 1. The van der Waals surface area contributed by atoms with Crippen molar-refractivity contribution in [3.05, 3.63) is 70.5 Å². The fourth-order valence-corrected chi connectivity index (χ4v) is 3.17. The van der Waals surface area contributed by atoms with Crippen LogP contribution in [0.4, 0.5) is 0 Å². The largest absolute Gasteiger partial charge is 0.492 e. The lowest BCUT2D eigenvalue weighted by Crippen LogP contribution is -2.25. The van der Waals surface area contributed by atoms with Crippen LogP contribution in [0.3, 0.4) is 0 Å². The maximum Gasteiger partial charge on any atom is 0.246 e. The molecule has 0 radical (unpaired) electrons. The van der Waals surface area contributed by atoms with Gasteiger partial charge in [-0.25, -0.2) is 4.98 Å². The summed E-state index contributed by atoms with van der Waals surface area (Å²) in [5, 5.41) is 3.62. The summed E-state index contributed by atoms with van der Waals surface area (Å²) in [5.41, 5.74) is 4.36. The van der Waals surface area contributed by atoms with E-state index in [2.05, 4.69) is 21.4 Å². The van der Waals surface area contributed by atoms with Gasteiger partial charge in [-0.15, -0.1) is 0 Å². The Morgan fingerprint density at radius 2 is 1.93 bits per heavy atom. The molecule has 1 heterocycles. The maximum absolute atomic E-state index is 11.8. The summed E-state index contributed by atoms with van der Waals surface area (Å²) in [6, 6.07) is 11.8. The SMILES string of the molecule is C=C(C)C(=O)NCc1nc2ccccc2n1CCOc1cc(C)c(Cl)c(C)c1. The number of rotatable bonds is 7. The van der Waals surface area contributed by atoms with Gasteiger partial charge in [-0.1, -0.05) is 30.3 Å².